The molecule has 0 aliphatic carbocycles. The molecule has 1 amide bonds. The van der Waals surface area contributed by atoms with Gasteiger partial charge in [0.25, 0.3) is 0 Å². The summed E-state index contributed by atoms with van der Waals surface area (Å²) in [6.45, 7) is 2.06. The van der Waals surface area contributed by atoms with E-state index in [-0.39, 0.29) is 18.3 Å². The minimum Gasteiger partial charge on any atom is -1.00 e. The van der Waals surface area contributed by atoms with Crippen LogP contribution in [0.2, 0.25) is 0 Å². The van der Waals surface area contributed by atoms with Crippen LogP contribution in [-0.2, 0) is 9.53 Å². The molecule has 13 heavy (non-hydrogen) atoms. The second kappa shape index (κ2) is 7.12. The van der Waals surface area contributed by atoms with E-state index in [0.29, 0.717) is 19.6 Å². The number of carbonyl (C=O) groups excluding carboxylic acids is 1. The van der Waals surface area contributed by atoms with Crippen LogP contribution in [0.1, 0.15) is 6.42 Å². The topological polar surface area (TPSA) is 52.3 Å². The van der Waals surface area contributed by atoms with Crippen molar-refractivity contribution >= 4 is 5.91 Å². The normalized spacial score (nSPS) is 10.7. The first-order valence-electron chi connectivity index (χ1n) is 4.08. The molecule has 0 heterocycles. The summed E-state index contributed by atoms with van der Waals surface area (Å²) in [5.41, 5.74) is 4.94. The Morgan fingerprint density at radius 2 is 1.85 bits per heavy atom. The standard InChI is InChI=1S/C8H18N2O2.ClH/c1-10(2,3)5-7-12-6-4-8(9)11;/h4-7H2,1-3H3,(H-,9,11);1H. The average molecular weight is 211 g/mol. The smallest absolute Gasteiger partial charge is 0.219 e. The Labute approximate surface area is 86.0 Å². The van der Waals surface area contributed by atoms with Crippen molar-refractivity contribution in [1.82, 2.24) is 0 Å². The Hall–Kier alpha value is -0.320. The van der Waals surface area contributed by atoms with Crippen LogP contribution >= 0.6 is 0 Å². The zero-order chi connectivity index (χ0) is 9.61. The van der Waals surface area contributed by atoms with Gasteiger partial charge >= 0.3 is 0 Å². The first-order valence-corrected chi connectivity index (χ1v) is 4.08. The third-order valence-corrected chi connectivity index (χ3v) is 1.40. The largest absolute Gasteiger partial charge is 1.00 e. The summed E-state index contributed by atoms with van der Waals surface area (Å²) in [5.74, 6) is -0.305. The molecule has 0 aromatic rings. The molecule has 0 unspecified atom stereocenters. The van der Waals surface area contributed by atoms with E-state index < -0.39 is 0 Å². The van der Waals surface area contributed by atoms with Crippen LogP contribution in [0.3, 0.4) is 0 Å². The van der Waals surface area contributed by atoms with Crippen molar-refractivity contribution in [2.75, 3.05) is 40.9 Å². The van der Waals surface area contributed by atoms with Crippen molar-refractivity contribution in [3.05, 3.63) is 0 Å². The van der Waals surface area contributed by atoms with Crippen LogP contribution in [-0.4, -0.2) is 51.3 Å². The van der Waals surface area contributed by atoms with Crippen molar-refractivity contribution in [2.24, 2.45) is 5.73 Å². The van der Waals surface area contributed by atoms with Crippen molar-refractivity contribution in [3.8, 4) is 0 Å². The summed E-state index contributed by atoms with van der Waals surface area (Å²) in [5, 5.41) is 0. The summed E-state index contributed by atoms with van der Waals surface area (Å²) in [4.78, 5) is 10.3. The first-order chi connectivity index (χ1) is 5.42. The fraction of sp³-hybridized carbons (Fsp3) is 0.875. The number of amides is 1. The molecular weight excluding hydrogens is 192 g/mol. The molecule has 0 aromatic carbocycles. The molecule has 0 aromatic heterocycles. The third kappa shape index (κ3) is 14.5. The van der Waals surface area contributed by atoms with E-state index in [2.05, 4.69) is 21.1 Å². The van der Waals surface area contributed by atoms with Crippen molar-refractivity contribution < 1.29 is 26.4 Å². The van der Waals surface area contributed by atoms with E-state index in [0.717, 1.165) is 11.0 Å². The quantitative estimate of drug-likeness (QED) is 0.367. The van der Waals surface area contributed by atoms with Crippen LogP contribution in [0.15, 0.2) is 0 Å². The molecule has 0 aliphatic rings. The van der Waals surface area contributed by atoms with Crippen LogP contribution in [0.4, 0.5) is 0 Å². The highest BCUT2D eigenvalue weighted by Gasteiger charge is 2.05. The maximum Gasteiger partial charge on any atom is 0.219 e. The van der Waals surface area contributed by atoms with Gasteiger partial charge in [-0.2, -0.15) is 0 Å². The van der Waals surface area contributed by atoms with Gasteiger partial charge in [0, 0.05) is 6.42 Å². The SMILES string of the molecule is C[N+](C)(C)CCOCCC(N)=O.[Cl-]. The average Bonchev–Trinajstić information content (AvgIpc) is 1.83. The predicted octanol–water partition coefficient (Wildman–Crippen LogP) is -3.41. The van der Waals surface area contributed by atoms with Gasteiger partial charge in [-0.15, -0.1) is 0 Å². The number of ether oxygens (including phenoxy) is 1. The summed E-state index contributed by atoms with van der Waals surface area (Å²) in [7, 11) is 6.28. The van der Waals surface area contributed by atoms with E-state index in [1.165, 1.54) is 0 Å². The van der Waals surface area contributed by atoms with Gasteiger partial charge in [0.1, 0.15) is 6.54 Å². The molecule has 0 spiro atoms. The summed E-state index contributed by atoms with van der Waals surface area (Å²) >= 11 is 0. The number of nitrogens with zero attached hydrogens (tertiary/aromatic N) is 1. The maximum absolute atomic E-state index is 10.3. The lowest BCUT2D eigenvalue weighted by Gasteiger charge is -2.23. The van der Waals surface area contributed by atoms with E-state index in [1.54, 1.807) is 0 Å². The predicted molar refractivity (Wildman–Crippen MR) is 47.5 cm³/mol. The number of carbonyl (C=O) groups is 1. The number of nitrogens with two attached hydrogens (primary N) is 1. The molecule has 80 valence electrons. The lowest BCUT2D eigenvalue weighted by Crippen LogP contribution is -3.00. The number of hydrogen-bond donors (Lipinski definition) is 1. The number of rotatable bonds is 6. The van der Waals surface area contributed by atoms with Gasteiger partial charge in [0.2, 0.25) is 5.91 Å². The molecule has 0 rings (SSSR count). The zero-order valence-electron chi connectivity index (χ0n) is 8.55. The Morgan fingerprint density at radius 1 is 1.31 bits per heavy atom. The van der Waals surface area contributed by atoms with Crippen LogP contribution in [0.25, 0.3) is 0 Å². The maximum atomic E-state index is 10.3. The summed E-state index contributed by atoms with van der Waals surface area (Å²) in [6, 6.07) is 0. The number of primary amides is 1. The van der Waals surface area contributed by atoms with Gasteiger partial charge in [-0.25, -0.2) is 0 Å². The molecule has 0 aliphatic heterocycles. The lowest BCUT2D eigenvalue weighted by atomic mass is 10.4. The van der Waals surface area contributed by atoms with Crippen molar-refractivity contribution in [1.29, 1.82) is 0 Å². The summed E-state index contributed by atoms with van der Waals surface area (Å²) < 4.78 is 6.08. The molecular formula is C8H19ClN2O2. The molecule has 0 atom stereocenters. The molecule has 4 nitrogen and oxygen atoms in total. The van der Waals surface area contributed by atoms with Crippen LogP contribution < -0.4 is 18.1 Å². The molecule has 0 saturated heterocycles. The molecule has 0 bridgehead atoms. The minimum atomic E-state index is -0.305. The summed E-state index contributed by atoms with van der Waals surface area (Å²) in [6.07, 6.45) is 0.317. The van der Waals surface area contributed by atoms with Gasteiger partial charge < -0.3 is 27.4 Å². The monoisotopic (exact) mass is 210 g/mol. The Bertz CT molecular complexity index is 146. The Kier molecular flexibility index (Phi) is 8.30. The highest BCUT2D eigenvalue weighted by atomic mass is 35.5. The van der Waals surface area contributed by atoms with E-state index in [1.807, 2.05) is 0 Å². The highest BCUT2D eigenvalue weighted by molar-refractivity contribution is 5.73. The number of likely N-dealkylation sites (N-methyl/N-ethyl adjacent to an activating group) is 1. The highest BCUT2D eigenvalue weighted by Crippen LogP contribution is 1.90. The second-order valence-corrected chi connectivity index (χ2v) is 3.84. The Balaban J connectivity index is 0. The van der Waals surface area contributed by atoms with Crippen LogP contribution in [0, 0.1) is 0 Å². The molecule has 0 saturated carbocycles. The zero-order valence-corrected chi connectivity index (χ0v) is 9.30. The van der Waals surface area contributed by atoms with Crippen molar-refractivity contribution in [2.45, 2.75) is 6.42 Å². The molecule has 2 N–H and O–H groups in total. The minimum absolute atomic E-state index is 0. The van der Waals surface area contributed by atoms with Gasteiger partial charge in [-0.1, -0.05) is 0 Å². The van der Waals surface area contributed by atoms with E-state index in [4.69, 9.17) is 10.5 Å². The van der Waals surface area contributed by atoms with Crippen LogP contribution in [0.5, 0.6) is 0 Å². The number of hydrogen-bond acceptors (Lipinski definition) is 2. The number of halogens is 1. The lowest BCUT2D eigenvalue weighted by molar-refractivity contribution is -0.870. The number of quaternary nitrogens is 1. The molecule has 0 radical (unpaired) electrons. The third-order valence-electron chi connectivity index (χ3n) is 1.40. The first kappa shape index (κ1) is 15.2. The Morgan fingerprint density at radius 3 is 2.23 bits per heavy atom. The molecule has 5 heteroatoms. The van der Waals surface area contributed by atoms with Gasteiger partial charge in [-0.05, 0) is 0 Å². The second-order valence-electron chi connectivity index (χ2n) is 3.84. The van der Waals surface area contributed by atoms with E-state index >= 15 is 0 Å². The van der Waals surface area contributed by atoms with Gasteiger partial charge in [-0.3, -0.25) is 4.79 Å². The van der Waals surface area contributed by atoms with Gasteiger partial charge in [0.15, 0.2) is 0 Å². The fourth-order valence-electron chi connectivity index (χ4n) is 0.613. The fourth-order valence-corrected chi connectivity index (χ4v) is 0.613. The molecule has 0 fully saturated rings. The van der Waals surface area contributed by atoms with Crippen molar-refractivity contribution in [3.63, 3.8) is 0 Å². The van der Waals surface area contributed by atoms with E-state index in [9.17, 15) is 4.79 Å². The van der Waals surface area contributed by atoms with Gasteiger partial charge in [0.05, 0.1) is 34.4 Å².